The molecule has 0 atom stereocenters. The van der Waals surface area contributed by atoms with Gasteiger partial charge in [0.25, 0.3) is 0 Å². The summed E-state index contributed by atoms with van der Waals surface area (Å²) < 4.78 is 17.8. The summed E-state index contributed by atoms with van der Waals surface area (Å²) in [6.45, 7) is -0.382. The Morgan fingerprint density at radius 3 is 2.36 bits per heavy atom. The Labute approximate surface area is 143 Å². The van der Waals surface area contributed by atoms with E-state index in [2.05, 4.69) is 16.0 Å². The lowest BCUT2D eigenvalue weighted by Crippen LogP contribution is -2.39. The van der Waals surface area contributed by atoms with Gasteiger partial charge in [0.1, 0.15) is 11.6 Å². The second-order valence-corrected chi connectivity index (χ2v) is 4.92. The molecule has 0 aliphatic heterocycles. The number of halogens is 1. The van der Waals surface area contributed by atoms with E-state index >= 15 is 0 Å². The molecule has 8 heteroatoms. The molecule has 0 saturated heterocycles. The zero-order valence-corrected chi connectivity index (χ0v) is 13.3. The molecule has 3 N–H and O–H groups in total. The van der Waals surface area contributed by atoms with Crippen LogP contribution in [0.2, 0.25) is 0 Å². The summed E-state index contributed by atoms with van der Waals surface area (Å²) in [4.78, 5) is 35.2. The first-order valence-electron chi connectivity index (χ1n) is 7.26. The maximum absolute atomic E-state index is 12.8. The third-order valence-corrected chi connectivity index (χ3v) is 3.07. The SMILES string of the molecule is COc1cccc(NC(=O)CNC(=O)C(=O)Nc2ccc(F)cc2)c1. The lowest BCUT2D eigenvalue weighted by Gasteiger charge is -2.08. The van der Waals surface area contributed by atoms with Crippen LogP contribution in [0, 0.1) is 5.82 Å². The Morgan fingerprint density at radius 1 is 0.960 bits per heavy atom. The molecule has 0 aromatic heterocycles. The number of nitrogens with one attached hydrogen (secondary N) is 3. The van der Waals surface area contributed by atoms with E-state index in [9.17, 15) is 18.8 Å². The quantitative estimate of drug-likeness (QED) is 0.716. The van der Waals surface area contributed by atoms with Crippen LogP contribution in [-0.4, -0.2) is 31.4 Å². The van der Waals surface area contributed by atoms with Crippen LogP contribution in [0.1, 0.15) is 0 Å². The normalized spacial score (nSPS) is 9.84. The van der Waals surface area contributed by atoms with Gasteiger partial charge in [0.2, 0.25) is 5.91 Å². The van der Waals surface area contributed by atoms with Gasteiger partial charge < -0.3 is 20.7 Å². The van der Waals surface area contributed by atoms with E-state index in [-0.39, 0.29) is 12.2 Å². The number of ether oxygens (including phenoxy) is 1. The highest BCUT2D eigenvalue weighted by Crippen LogP contribution is 2.16. The van der Waals surface area contributed by atoms with Crippen LogP contribution in [0.25, 0.3) is 0 Å². The molecule has 0 saturated carbocycles. The topological polar surface area (TPSA) is 96.5 Å². The van der Waals surface area contributed by atoms with Gasteiger partial charge in [-0.05, 0) is 36.4 Å². The first kappa shape index (κ1) is 17.9. The standard InChI is InChI=1S/C17H16FN3O4/c1-25-14-4-2-3-13(9-14)20-15(22)10-19-16(23)17(24)21-12-7-5-11(18)6-8-12/h2-9H,10H2,1H3,(H,19,23)(H,20,22)(H,21,24). The van der Waals surface area contributed by atoms with E-state index in [1.165, 1.54) is 19.2 Å². The van der Waals surface area contributed by atoms with Crippen molar-refractivity contribution in [3.8, 4) is 5.75 Å². The fourth-order valence-electron chi connectivity index (χ4n) is 1.87. The zero-order valence-electron chi connectivity index (χ0n) is 13.3. The third-order valence-electron chi connectivity index (χ3n) is 3.07. The van der Waals surface area contributed by atoms with Crippen LogP contribution in [0.4, 0.5) is 15.8 Å². The predicted octanol–water partition coefficient (Wildman–Crippen LogP) is 1.53. The minimum atomic E-state index is -0.981. The van der Waals surface area contributed by atoms with Gasteiger partial charge in [-0.3, -0.25) is 14.4 Å². The van der Waals surface area contributed by atoms with E-state index in [0.29, 0.717) is 11.4 Å². The summed E-state index contributed by atoms with van der Waals surface area (Å²) in [5.41, 5.74) is 0.761. The van der Waals surface area contributed by atoms with E-state index in [0.717, 1.165) is 12.1 Å². The highest BCUT2D eigenvalue weighted by molar-refractivity contribution is 6.39. The zero-order chi connectivity index (χ0) is 18.2. The largest absolute Gasteiger partial charge is 0.497 e. The average Bonchev–Trinajstić information content (AvgIpc) is 2.61. The van der Waals surface area contributed by atoms with Crippen molar-refractivity contribution in [2.45, 2.75) is 0 Å². The van der Waals surface area contributed by atoms with Crippen LogP contribution >= 0.6 is 0 Å². The number of anilines is 2. The van der Waals surface area contributed by atoms with Crippen molar-refractivity contribution < 1.29 is 23.5 Å². The monoisotopic (exact) mass is 345 g/mol. The predicted molar refractivity (Wildman–Crippen MR) is 89.7 cm³/mol. The molecule has 0 heterocycles. The Balaban J connectivity index is 1.80. The van der Waals surface area contributed by atoms with Crippen molar-refractivity contribution >= 4 is 29.1 Å². The molecule has 0 aliphatic carbocycles. The maximum Gasteiger partial charge on any atom is 0.313 e. The number of benzene rings is 2. The molecule has 3 amide bonds. The fraction of sp³-hybridized carbons (Fsp3) is 0.118. The first-order chi connectivity index (χ1) is 12.0. The summed E-state index contributed by atoms with van der Waals surface area (Å²) in [6.07, 6.45) is 0. The van der Waals surface area contributed by atoms with Gasteiger partial charge in [-0.15, -0.1) is 0 Å². The smallest absolute Gasteiger partial charge is 0.313 e. The van der Waals surface area contributed by atoms with Crippen molar-refractivity contribution in [1.82, 2.24) is 5.32 Å². The van der Waals surface area contributed by atoms with Gasteiger partial charge in [0, 0.05) is 17.4 Å². The van der Waals surface area contributed by atoms with Crippen LogP contribution < -0.4 is 20.7 Å². The van der Waals surface area contributed by atoms with Crippen LogP contribution in [0.15, 0.2) is 48.5 Å². The molecule has 0 aliphatic rings. The van der Waals surface area contributed by atoms with Gasteiger partial charge in [-0.25, -0.2) is 4.39 Å². The number of carbonyl (C=O) groups is 3. The van der Waals surface area contributed by atoms with Crippen molar-refractivity contribution in [1.29, 1.82) is 0 Å². The lowest BCUT2D eigenvalue weighted by molar-refractivity contribution is -0.136. The van der Waals surface area contributed by atoms with Crippen LogP contribution in [0.3, 0.4) is 0 Å². The third kappa shape index (κ3) is 5.61. The molecule has 2 aromatic carbocycles. The number of hydrogen-bond acceptors (Lipinski definition) is 4. The molecule has 0 unspecified atom stereocenters. The molecule has 25 heavy (non-hydrogen) atoms. The highest BCUT2D eigenvalue weighted by Gasteiger charge is 2.15. The van der Waals surface area contributed by atoms with Crippen LogP contribution in [0.5, 0.6) is 5.75 Å². The summed E-state index contributed by atoms with van der Waals surface area (Å²) >= 11 is 0. The van der Waals surface area contributed by atoms with E-state index in [1.807, 2.05) is 0 Å². The molecular formula is C17H16FN3O4. The van der Waals surface area contributed by atoms with Crippen molar-refractivity contribution in [2.75, 3.05) is 24.3 Å². The summed E-state index contributed by atoms with van der Waals surface area (Å²) in [6, 6.07) is 11.6. The average molecular weight is 345 g/mol. The Hall–Kier alpha value is -3.42. The van der Waals surface area contributed by atoms with Gasteiger partial charge in [0.05, 0.1) is 13.7 Å². The first-order valence-corrected chi connectivity index (χ1v) is 7.26. The van der Waals surface area contributed by atoms with E-state index < -0.39 is 23.5 Å². The molecule has 7 nitrogen and oxygen atoms in total. The van der Waals surface area contributed by atoms with Crippen molar-refractivity contribution in [3.05, 3.63) is 54.3 Å². The van der Waals surface area contributed by atoms with Gasteiger partial charge in [0.15, 0.2) is 0 Å². The number of carbonyl (C=O) groups excluding carboxylic acids is 3. The molecule has 130 valence electrons. The summed E-state index contributed by atoms with van der Waals surface area (Å²) in [5.74, 6) is -2.33. The van der Waals surface area contributed by atoms with Crippen LogP contribution in [-0.2, 0) is 14.4 Å². The Bertz CT molecular complexity index is 778. The summed E-state index contributed by atoms with van der Waals surface area (Å²) in [5, 5.41) is 7.05. The second-order valence-electron chi connectivity index (χ2n) is 4.92. The number of methoxy groups -OCH3 is 1. The Kier molecular flexibility index (Phi) is 6.05. The molecular weight excluding hydrogens is 329 g/mol. The number of amides is 3. The Morgan fingerprint density at radius 2 is 1.68 bits per heavy atom. The fourth-order valence-corrected chi connectivity index (χ4v) is 1.87. The molecule has 2 rings (SSSR count). The van der Waals surface area contributed by atoms with Gasteiger partial charge in [-0.1, -0.05) is 6.07 Å². The molecule has 0 bridgehead atoms. The van der Waals surface area contributed by atoms with E-state index in [4.69, 9.17) is 4.74 Å². The lowest BCUT2D eigenvalue weighted by atomic mass is 10.3. The van der Waals surface area contributed by atoms with Crippen molar-refractivity contribution in [2.24, 2.45) is 0 Å². The van der Waals surface area contributed by atoms with Crippen molar-refractivity contribution in [3.63, 3.8) is 0 Å². The number of rotatable bonds is 5. The minimum Gasteiger partial charge on any atom is -0.497 e. The van der Waals surface area contributed by atoms with E-state index in [1.54, 1.807) is 24.3 Å². The second kappa shape index (κ2) is 8.44. The highest BCUT2D eigenvalue weighted by atomic mass is 19.1. The minimum absolute atomic E-state index is 0.266. The number of hydrogen-bond donors (Lipinski definition) is 3. The van der Waals surface area contributed by atoms with Gasteiger partial charge in [-0.2, -0.15) is 0 Å². The molecule has 0 fully saturated rings. The maximum atomic E-state index is 12.8. The molecule has 0 radical (unpaired) electrons. The molecule has 0 spiro atoms. The van der Waals surface area contributed by atoms with Gasteiger partial charge >= 0.3 is 11.8 Å². The molecule has 2 aromatic rings. The summed E-state index contributed by atoms with van der Waals surface area (Å²) in [7, 11) is 1.50.